The first-order chi connectivity index (χ1) is 12.6. The summed E-state index contributed by atoms with van der Waals surface area (Å²) < 4.78 is 1.91. The monoisotopic (exact) mass is 390 g/mol. The molecule has 26 heavy (non-hydrogen) atoms. The van der Waals surface area contributed by atoms with E-state index >= 15 is 0 Å². The summed E-state index contributed by atoms with van der Waals surface area (Å²) in [6.45, 7) is 2.83. The van der Waals surface area contributed by atoms with E-state index in [1.165, 1.54) is 21.1 Å². The first-order valence-electron chi connectivity index (χ1n) is 8.18. The third-order valence-corrected chi connectivity index (χ3v) is 5.24. The van der Waals surface area contributed by atoms with Crippen molar-refractivity contribution in [2.75, 3.05) is 25.0 Å². The van der Waals surface area contributed by atoms with Crippen LogP contribution in [0, 0.1) is 0 Å². The van der Waals surface area contributed by atoms with Gasteiger partial charge in [-0.15, -0.1) is 0 Å². The molecule has 0 aliphatic carbocycles. The maximum atomic E-state index is 12.9. The largest absolute Gasteiger partial charge is 0.396 e. The molecule has 1 aliphatic heterocycles. The zero-order chi connectivity index (χ0) is 18.7. The van der Waals surface area contributed by atoms with Crippen molar-refractivity contribution in [1.82, 2.24) is 14.3 Å². The van der Waals surface area contributed by atoms with Gasteiger partial charge in [0.05, 0.1) is 10.5 Å². The summed E-state index contributed by atoms with van der Waals surface area (Å²) in [4.78, 5) is 31.8. The first-order valence-corrected chi connectivity index (χ1v) is 9.40. The standard InChI is InChI=1S/C17H18N4O3S2/c1-2-20-16(24)12(26-17(20)25)10-11-14(18-7-5-9-22)19-13-6-3-4-8-21(13)15(11)23/h3-4,6,8,10,18,22H,2,5,7,9H2,1H3/b12-10+. The van der Waals surface area contributed by atoms with Gasteiger partial charge in [0.25, 0.3) is 11.5 Å². The number of hydrogen-bond acceptors (Lipinski definition) is 7. The van der Waals surface area contributed by atoms with Crippen molar-refractivity contribution in [2.24, 2.45) is 0 Å². The number of hydrogen-bond donors (Lipinski definition) is 2. The van der Waals surface area contributed by atoms with Gasteiger partial charge in [-0.3, -0.25) is 18.9 Å². The summed E-state index contributed by atoms with van der Waals surface area (Å²) in [6.07, 6.45) is 3.70. The molecule has 3 heterocycles. The molecule has 0 saturated carbocycles. The number of likely N-dealkylation sites (N-methyl/N-ethyl adjacent to an activating group) is 1. The summed E-state index contributed by atoms with van der Waals surface area (Å²) in [5, 5.41) is 12.1. The fourth-order valence-electron chi connectivity index (χ4n) is 2.56. The minimum absolute atomic E-state index is 0.0318. The van der Waals surface area contributed by atoms with Crippen LogP contribution in [0.25, 0.3) is 11.7 Å². The van der Waals surface area contributed by atoms with Crippen molar-refractivity contribution >= 4 is 51.7 Å². The maximum Gasteiger partial charge on any atom is 0.267 e. The highest BCUT2D eigenvalue weighted by molar-refractivity contribution is 8.26. The molecular formula is C17H18N4O3S2. The summed E-state index contributed by atoms with van der Waals surface area (Å²) >= 11 is 6.40. The van der Waals surface area contributed by atoms with Gasteiger partial charge in [0, 0.05) is 25.9 Å². The van der Waals surface area contributed by atoms with Crippen LogP contribution in [0.1, 0.15) is 18.9 Å². The lowest BCUT2D eigenvalue weighted by molar-refractivity contribution is -0.121. The van der Waals surface area contributed by atoms with E-state index < -0.39 is 0 Å². The molecule has 9 heteroatoms. The quantitative estimate of drug-likeness (QED) is 0.441. The zero-order valence-electron chi connectivity index (χ0n) is 14.1. The van der Waals surface area contributed by atoms with Gasteiger partial charge in [0.15, 0.2) is 0 Å². The van der Waals surface area contributed by atoms with E-state index in [0.29, 0.717) is 45.8 Å². The molecule has 0 spiro atoms. The molecule has 2 aromatic heterocycles. The molecular weight excluding hydrogens is 372 g/mol. The molecule has 3 rings (SSSR count). The van der Waals surface area contributed by atoms with Crippen LogP contribution in [-0.2, 0) is 4.79 Å². The Morgan fingerprint density at radius 1 is 1.38 bits per heavy atom. The molecule has 0 bridgehead atoms. The summed E-state index contributed by atoms with van der Waals surface area (Å²) in [5.74, 6) is 0.179. The van der Waals surface area contributed by atoms with Gasteiger partial charge in [0.1, 0.15) is 15.8 Å². The summed E-state index contributed by atoms with van der Waals surface area (Å²) in [7, 11) is 0. The predicted molar refractivity (Wildman–Crippen MR) is 107 cm³/mol. The molecule has 0 unspecified atom stereocenters. The van der Waals surface area contributed by atoms with Crippen LogP contribution < -0.4 is 10.9 Å². The molecule has 1 saturated heterocycles. The third kappa shape index (κ3) is 3.50. The second-order valence-electron chi connectivity index (χ2n) is 5.54. The van der Waals surface area contributed by atoms with Gasteiger partial charge in [-0.2, -0.15) is 0 Å². The number of thioether (sulfide) groups is 1. The number of carbonyl (C=O) groups excluding carboxylic acids is 1. The number of thiocarbonyl (C=S) groups is 1. The van der Waals surface area contributed by atoms with E-state index in [9.17, 15) is 9.59 Å². The normalized spacial score (nSPS) is 16.1. The number of aliphatic hydroxyl groups excluding tert-OH is 1. The Balaban J connectivity index is 2.11. The zero-order valence-corrected chi connectivity index (χ0v) is 15.8. The number of aliphatic hydroxyl groups is 1. The molecule has 0 atom stereocenters. The van der Waals surface area contributed by atoms with Crippen LogP contribution >= 0.6 is 24.0 Å². The fourth-order valence-corrected chi connectivity index (χ4v) is 3.92. The number of rotatable bonds is 6. The lowest BCUT2D eigenvalue weighted by Gasteiger charge is -2.11. The number of amides is 1. The van der Waals surface area contributed by atoms with Gasteiger partial charge in [-0.25, -0.2) is 4.98 Å². The topological polar surface area (TPSA) is 86.9 Å². The van der Waals surface area contributed by atoms with Gasteiger partial charge in [0.2, 0.25) is 0 Å². The molecule has 2 aromatic rings. The minimum Gasteiger partial charge on any atom is -0.396 e. The first kappa shape index (κ1) is 18.6. The molecule has 1 fully saturated rings. The van der Waals surface area contributed by atoms with E-state index in [1.54, 1.807) is 30.5 Å². The lowest BCUT2D eigenvalue weighted by atomic mass is 10.2. The molecule has 2 N–H and O–H groups in total. The average molecular weight is 390 g/mol. The minimum atomic E-state index is -0.274. The Labute approximate surface area is 159 Å². The van der Waals surface area contributed by atoms with E-state index in [-0.39, 0.29) is 18.1 Å². The van der Waals surface area contributed by atoms with E-state index in [2.05, 4.69) is 10.3 Å². The third-order valence-electron chi connectivity index (χ3n) is 3.86. The Bertz CT molecular complexity index is 955. The highest BCUT2D eigenvalue weighted by Gasteiger charge is 2.31. The maximum absolute atomic E-state index is 12.9. The molecule has 1 aliphatic rings. The van der Waals surface area contributed by atoms with Crippen LogP contribution in [0.4, 0.5) is 5.82 Å². The van der Waals surface area contributed by atoms with Crippen molar-refractivity contribution in [3.05, 3.63) is 45.2 Å². The number of nitrogens with one attached hydrogen (secondary N) is 1. The number of anilines is 1. The van der Waals surface area contributed by atoms with E-state index in [4.69, 9.17) is 17.3 Å². The van der Waals surface area contributed by atoms with E-state index in [0.717, 1.165) is 0 Å². The van der Waals surface area contributed by atoms with Gasteiger partial charge in [-0.05, 0) is 31.6 Å². The average Bonchev–Trinajstić information content (AvgIpc) is 2.91. The van der Waals surface area contributed by atoms with Crippen molar-refractivity contribution in [3.8, 4) is 0 Å². The fraction of sp³-hybridized carbons (Fsp3) is 0.294. The van der Waals surface area contributed by atoms with Crippen molar-refractivity contribution in [2.45, 2.75) is 13.3 Å². The lowest BCUT2D eigenvalue weighted by Crippen LogP contribution is -2.27. The van der Waals surface area contributed by atoms with Crippen LogP contribution in [0.2, 0.25) is 0 Å². The van der Waals surface area contributed by atoms with Crippen molar-refractivity contribution in [3.63, 3.8) is 0 Å². The van der Waals surface area contributed by atoms with Crippen LogP contribution in [-0.4, -0.2) is 49.3 Å². The van der Waals surface area contributed by atoms with Crippen LogP contribution in [0.5, 0.6) is 0 Å². The van der Waals surface area contributed by atoms with Gasteiger partial charge < -0.3 is 10.4 Å². The molecule has 0 aromatic carbocycles. The van der Waals surface area contributed by atoms with Crippen molar-refractivity contribution in [1.29, 1.82) is 0 Å². The number of nitrogens with zero attached hydrogens (tertiary/aromatic N) is 3. The second kappa shape index (κ2) is 7.98. The van der Waals surface area contributed by atoms with Crippen LogP contribution in [0.15, 0.2) is 34.1 Å². The molecule has 136 valence electrons. The van der Waals surface area contributed by atoms with Crippen molar-refractivity contribution < 1.29 is 9.90 Å². The number of carbonyl (C=O) groups is 1. The van der Waals surface area contributed by atoms with Crippen LogP contribution in [0.3, 0.4) is 0 Å². The second-order valence-corrected chi connectivity index (χ2v) is 7.21. The smallest absolute Gasteiger partial charge is 0.267 e. The number of aromatic nitrogens is 2. The SMILES string of the molecule is CCN1C(=O)/C(=C\c2c(NCCCO)nc3ccccn3c2=O)SC1=S. The Kier molecular flexibility index (Phi) is 5.70. The number of pyridine rings is 1. The predicted octanol–water partition coefficient (Wildman–Crippen LogP) is 1.71. The Morgan fingerprint density at radius 3 is 2.88 bits per heavy atom. The molecule has 7 nitrogen and oxygen atoms in total. The molecule has 1 amide bonds. The highest BCUT2D eigenvalue weighted by atomic mass is 32.2. The number of fused-ring (bicyclic) bond motifs is 1. The Morgan fingerprint density at radius 2 is 2.19 bits per heavy atom. The van der Waals surface area contributed by atoms with Gasteiger partial charge >= 0.3 is 0 Å². The summed E-state index contributed by atoms with van der Waals surface area (Å²) in [6, 6.07) is 5.28. The highest BCUT2D eigenvalue weighted by Crippen LogP contribution is 2.32. The van der Waals surface area contributed by atoms with E-state index in [1.807, 2.05) is 6.92 Å². The summed E-state index contributed by atoms with van der Waals surface area (Å²) in [5.41, 5.74) is 0.523. The van der Waals surface area contributed by atoms with Gasteiger partial charge in [-0.1, -0.05) is 30.0 Å². The Hall–Kier alpha value is -2.23. The molecule has 0 radical (unpaired) electrons.